The maximum atomic E-state index is 14.2. The second kappa shape index (κ2) is 7.59. The SMILES string of the molecule is CN(C)Cc1ccc(F)c(-c2ccc(Cn3cc(CO)cn3)cc2)c1. The molecule has 2 aromatic carbocycles. The molecule has 3 rings (SSSR count). The number of rotatable bonds is 6. The molecule has 0 aliphatic carbocycles. The molecule has 0 bridgehead atoms. The molecule has 0 aliphatic heterocycles. The van der Waals surface area contributed by atoms with Crippen molar-refractivity contribution < 1.29 is 9.50 Å². The van der Waals surface area contributed by atoms with Gasteiger partial charge in [-0.3, -0.25) is 4.68 Å². The molecule has 0 fully saturated rings. The molecule has 0 saturated heterocycles. The van der Waals surface area contributed by atoms with Crippen molar-refractivity contribution in [3.63, 3.8) is 0 Å². The summed E-state index contributed by atoms with van der Waals surface area (Å²) in [4.78, 5) is 2.06. The average molecular weight is 339 g/mol. The number of hydrogen-bond acceptors (Lipinski definition) is 3. The number of aliphatic hydroxyl groups excluding tert-OH is 1. The first-order valence-corrected chi connectivity index (χ1v) is 8.20. The molecule has 4 nitrogen and oxygen atoms in total. The predicted molar refractivity (Wildman–Crippen MR) is 96.5 cm³/mol. The van der Waals surface area contributed by atoms with Crippen molar-refractivity contribution in [3.05, 3.63) is 77.4 Å². The molecule has 25 heavy (non-hydrogen) atoms. The minimum absolute atomic E-state index is 0.0124. The van der Waals surface area contributed by atoms with Crippen LogP contribution in [0, 0.1) is 5.82 Å². The maximum Gasteiger partial charge on any atom is 0.131 e. The standard InChI is InChI=1S/C20H22FN3O/c1-23(2)11-16-5-8-20(21)19(9-16)18-6-3-15(4-7-18)12-24-13-17(14-25)10-22-24/h3-10,13,25H,11-12,14H2,1-2H3. The third-order valence-corrected chi connectivity index (χ3v) is 4.01. The first kappa shape index (κ1) is 17.3. The van der Waals surface area contributed by atoms with Gasteiger partial charge in [-0.1, -0.05) is 30.3 Å². The van der Waals surface area contributed by atoms with Gasteiger partial charge in [0.05, 0.1) is 19.3 Å². The molecule has 3 aromatic rings. The van der Waals surface area contributed by atoms with E-state index in [0.29, 0.717) is 12.1 Å². The van der Waals surface area contributed by atoms with Crippen LogP contribution in [0.4, 0.5) is 4.39 Å². The molecule has 0 aliphatic rings. The van der Waals surface area contributed by atoms with Crippen LogP contribution in [0.2, 0.25) is 0 Å². The molecule has 5 heteroatoms. The lowest BCUT2D eigenvalue weighted by atomic mass is 10.0. The summed E-state index contributed by atoms with van der Waals surface area (Å²) in [7, 11) is 3.99. The van der Waals surface area contributed by atoms with E-state index in [2.05, 4.69) is 10.00 Å². The van der Waals surface area contributed by atoms with E-state index in [1.54, 1.807) is 10.9 Å². The van der Waals surface area contributed by atoms with E-state index in [-0.39, 0.29) is 12.4 Å². The first-order chi connectivity index (χ1) is 12.0. The summed E-state index contributed by atoms with van der Waals surface area (Å²) >= 11 is 0. The summed E-state index contributed by atoms with van der Waals surface area (Å²) in [6.07, 6.45) is 3.47. The number of halogens is 1. The summed E-state index contributed by atoms with van der Waals surface area (Å²) in [5.74, 6) is -0.213. The highest BCUT2D eigenvalue weighted by Gasteiger charge is 2.08. The number of aromatic nitrogens is 2. The Hall–Kier alpha value is -2.50. The van der Waals surface area contributed by atoms with E-state index < -0.39 is 0 Å². The van der Waals surface area contributed by atoms with Crippen LogP contribution in [0.25, 0.3) is 11.1 Å². The lowest BCUT2D eigenvalue weighted by molar-refractivity contribution is 0.281. The summed E-state index contributed by atoms with van der Waals surface area (Å²) in [5.41, 5.74) is 4.42. The van der Waals surface area contributed by atoms with Crippen LogP contribution in [-0.2, 0) is 19.7 Å². The van der Waals surface area contributed by atoms with Crippen molar-refractivity contribution in [3.8, 4) is 11.1 Å². The van der Waals surface area contributed by atoms with E-state index in [0.717, 1.165) is 28.8 Å². The molecular formula is C20H22FN3O. The van der Waals surface area contributed by atoms with Crippen LogP contribution in [-0.4, -0.2) is 33.9 Å². The van der Waals surface area contributed by atoms with Gasteiger partial charge in [-0.15, -0.1) is 0 Å². The highest BCUT2D eigenvalue weighted by Crippen LogP contribution is 2.25. The van der Waals surface area contributed by atoms with E-state index in [1.807, 2.05) is 56.7 Å². The second-order valence-corrected chi connectivity index (χ2v) is 6.45. The lowest BCUT2D eigenvalue weighted by Crippen LogP contribution is -2.10. The van der Waals surface area contributed by atoms with Crippen LogP contribution in [0.5, 0.6) is 0 Å². The van der Waals surface area contributed by atoms with Crippen LogP contribution in [0.1, 0.15) is 16.7 Å². The quantitative estimate of drug-likeness (QED) is 0.749. The molecule has 0 spiro atoms. The minimum atomic E-state index is -0.213. The largest absolute Gasteiger partial charge is 0.392 e. The van der Waals surface area contributed by atoms with Crippen molar-refractivity contribution in [2.75, 3.05) is 14.1 Å². The average Bonchev–Trinajstić information content (AvgIpc) is 3.05. The fraction of sp³-hybridized carbons (Fsp3) is 0.250. The highest BCUT2D eigenvalue weighted by atomic mass is 19.1. The Morgan fingerprint density at radius 1 is 1.04 bits per heavy atom. The van der Waals surface area contributed by atoms with Crippen LogP contribution in [0.3, 0.4) is 0 Å². The lowest BCUT2D eigenvalue weighted by Gasteiger charge is -2.12. The zero-order valence-corrected chi connectivity index (χ0v) is 14.5. The monoisotopic (exact) mass is 339 g/mol. The van der Waals surface area contributed by atoms with Gasteiger partial charge >= 0.3 is 0 Å². The molecule has 0 amide bonds. The van der Waals surface area contributed by atoms with Crippen molar-refractivity contribution in [2.45, 2.75) is 19.7 Å². The number of hydrogen-bond donors (Lipinski definition) is 1. The maximum absolute atomic E-state index is 14.2. The minimum Gasteiger partial charge on any atom is -0.392 e. The summed E-state index contributed by atoms with van der Waals surface area (Å²) in [6, 6.07) is 13.1. The summed E-state index contributed by atoms with van der Waals surface area (Å²) in [6.45, 7) is 1.38. The number of benzene rings is 2. The van der Waals surface area contributed by atoms with E-state index >= 15 is 0 Å². The molecule has 0 radical (unpaired) electrons. The third-order valence-electron chi connectivity index (χ3n) is 4.01. The topological polar surface area (TPSA) is 41.3 Å². The van der Waals surface area contributed by atoms with Gasteiger partial charge in [0, 0.05) is 23.9 Å². The van der Waals surface area contributed by atoms with Crippen LogP contribution < -0.4 is 0 Å². The zero-order valence-electron chi connectivity index (χ0n) is 14.5. The van der Waals surface area contributed by atoms with E-state index in [4.69, 9.17) is 5.11 Å². The summed E-state index contributed by atoms with van der Waals surface area (Å²) in [5, 5.41) is 13.3. The molecule has 1 heterocycles. The summed E-state index contributed by atoms with van der Waals surface area (Å²) < 4.78 is 16.0. The Morgan fingerprint density at radius 2 is 1.76 bits per heavy atom. The van der Waals surface area contributed by atoms with Crippen LogP contribution >= 0.6 is 0 Å². The number of aliphatic hydroxyl groups is 1. The molecule has 1 N–H and O–H groups in total. The van der Waals surface area contributed by atoms with E-state index in [9.17, 15) is 4.39 Å². The van der Waals surface area contributed by atoms with Gasteiger partial charge in [0.2, 0.25) is 0 Å². The van der Waals surface area contributed by atoms with Gasteiger partial charge in [0.15, 0.2) is 0 Å². The van der Waals surface area contributed by atoms with Gasteiger partial charge in [-0.2, -0.15) is 5.10 Å². The molecular weight excluding hydrogens is 317 g/mol. The Bertz CT molecular complexity index is 840. The van der Waals surface area contributed by atoms with E-state index in [1.165, 1.54) is 6.07 Å². The van der Waals surface area contributed by atoms with Crippen LogP contribution in [0.15, 0.2) is 54.9 Å². The Balaban J connectivity index is 1.79. The molecule has 0 unspecified atom stereocenters. The zero-order chi connectivity index (χ0) is 17.8. The highest BCUT2D eigenvalue weighted by molar-refractivity contribution is 5.65. The fourth-order valence-electron chi connectivity index (χ4n) is 2.81. The Labute approximate surface area is 147 Å². The van der Waals surface area contributed by atoms with Gasteiger partial charge in [-0.25, -0.2) is 4.39 Å². The molecule has 0 saturated carbocycles. The van der Waals surface area contributed by atoms with Crippen molar-refractivity contribution >= 4 is 0 Å². The number of nitrogens with zero attached hydrogens (tertiary/aromatic N) is 3. The van der Waals surface area contributed by atoms with Crippen molar-refractivity contribution in [1.29, 1.82) is 0 Å². The molecule has 1 aromatic heterocycles. The molecule has 0 atom stereocenters. The Kier molecular flexibility index (Phi) is 5.26. The third kappa shape index (κ3) is 4.32. The molecule has 130 valence electrons. The van der Waals surface area contributed by atoms with Crippen molar-refractivity contribution in [1.82, 2.24) is 14.7 Å². The van der Waals surface area contributed by atoms with Gasteiger partial charge < -0.3 is 10.0 Å². The second-order valence-electron chi connectivity index (χ2n) is 6.45. The van der Waals surface area contributed by atoms with Gasteiger partial charge in [0.1, 0.15) is 5.82 Å². The van der Waals surface area contributed by atoms with Gasteiger partial charge in [-0.05, 0) is 42.9 Å². The van der Waals surface area contributed by atoms with Crippen molar-refractivity contribution in [2.24, 2.45) is 0 Å². The first-order valence-electron chi connectivity index (χ1n) is 8.20. The fourth-order valence-corrected chi connectivity index (χ4v) is 2.81. The predicted octanol–water partition coefficient (Wildman–Crippen LogP) is 3.29. The Morgan fingerprint density at radius 3 is 2.40 bits per heavy atom. The van der Waals surface area contributed by atoms with Gasteiger partial charge in [0.25, 0.3) is 0 Å². The smallest absolute Gasteiger partial charge is 0.131 e. The normalized spacial score (nSPS) is 11.2.